The predicted molar refractivity (Wildman–Crippen MR) is 54.8 cm³/mol. The average molecular weight is 205 g/mol. The van der Waals surface area contributed by atoms with Gasteiger partial charge in [0.1, 0.15) is 6.61 Å². The second kappa shape index (κ2) is 9.85. The summed E-state index contributed by atoms with van der Waals surface area (Å²) in [6, 6.07) is 0. The maximum absolute atomic E-state index is 8.99. The van der Waals surface area contributed by atoms with Crippen LogP contribution in [0.3, 0.4) is 0 Å². The molecule has 13 heavy (non-hydrogen) atoms. The summed E-state index contributed by atoms with van der Waals surface area (Å²) in [6.07, 6.45) is 2.66. The summed E-state index contributed by atoms with van der Waals surface area (Å²) >= 11 is 5.37. The van der Waals surface area contributed by atoms with Gasteiger partial charge in [-0.25, -0.2) is 0 Å². The van der Waals surface area contributed by atoms with Crippen LogP contribution in [0.2, 0.25) is 0 Å². The lowest BCUT2D eigenvalue weighted by molar-refractivity contribution is 0.0640. The number of rotatable bonds is 6. The molecule has 0 bridgehead atoms. The molecule has 0 fully saturated rings. The van der Waals surface area contributed by atoms with E-state index in [1.165, 1.54) is 6.42 Å². The van der Waals surface area contributed by atoms with Gasteiger partial charge in [0.25, 0.3) is 0 Å². The first-order valence-electron chi connectivity index (χ1n) is 4.58. The molecule has 0 rings (SSSR count). The Morgan fingerprint density at radius 3 is 2.85 bits per heavy atom. The highest BCUT2D eigenvalue weighted by Gasteiger charge is 1.99. The summed E-state index contributed by atoms with van der Waals surface area (Å²) in [5.41, 5.74) is 0. The molecule has 0 aromatic carbocycles. The molecule has 2 nitrogen and oxygen atoms in total. The fourth-order valence-electron chi connectivity index (χ4n) is 0.695. The Bertz CT molecular complexity index is 160. The van der Waals surface area contributed by atoms with Gasteiger partial charge < -0.3 is 9.84 Å². The largest absolute Gasteiger partial charge is 0.389 e. The Balaban J connectivity index is 3.17. The third-order valence-corrected chi connectivity index (χ3v) is 1.80. The zero-order chi connectivity index (χ0) is 9.94. The zero-order valence-electron chi connectivity index (χ0n) is 8.05. The maximum atomic E-state index is 8.99. The van der Waals surface area contributed by atoms with Crippen LogP contribution in [0.25, 0.3) is 0 Å². The standard InChI is InChI=1S/C10H17ClO2/c1-2-3-4-5-6-7-13-9-10(12)8-11/h10,12H,2-4,7-9H2,1H3/t10-/m1/s1. The van der Waals surface area contributed by atoms with Gasteiger partial charge in [-0.05, 0) is 6.42 Å². The van der Waals surface area contributed by atoms with Gasteiger partial charge in [0.2, 0.25) is 0 Å². The molecule has 76 valence electrons. The minimum Gasteiger partial charge on any atom is -0.389 e. The van der Waals surface area contributed by atoms with Gasteiger partial charge in [0.05, 0.1) is 18.6 Å². The molecule has 0 unspecified atom stereocenters. The fourth-order valence-corrected chi connectivity index (χ4v) is 0.784. The van der Waals surface area contributed by atoms with Crippen LogP contribution in [0.5, 0.6) is 0 Å². The topological polar surface area (TPSA) is 29.5 Å². The van der Waals surface area contributed by atoms with Crippen molar-refractivity contribution in [1.82, 2.24) is 0 Å². The Morgan fingerprint density at radius 2 is 2.23 bits per heavy atom. The highest BCUT2D eigenvalue weighted by Crippen LogP contribution is 1.91. The van der Waals surface area contributed by atoms with Crippen LogP contribution < -0.4 is 0 Å². The van der Waals surface area contributed by atoms with Gasteiger partial charge in [-0.1, -0.05) is 19.3 Å². The molecule has 0 spiro atoms. The maximum Gasteiger partial charge on any atom is 0.107 e. The van der Waals surface area contributed by atoms with Gasteiger partial charge in [-0.2, -0.15) is 0 Å². The van der Waals surface area contributed by atoms with Crippen molar-refractivity contribution in [2.45, 2.75) is 32.3 Å². The van der Waals surface area contributed by atoms with Gasteiger partial charge in [-0.15, -0.1) is 17.5 Å². The molecule has 0 heterocycles. The van der Waals surface area contributed by atoms with Crippen molar-refractivity contribution in [3.05, 3.63) is 0 Å². The van der Waals surface area contributed by atoms with Crippen LogP contribution in [0.15, 0.2) is 0 Å². The first kappa shape index (κ1) is 12.8. The highest BCUT2D eigenvalue weighted by molar-refractivity contribution is 6.18. The number of hydrogen-bond acceptors (Lipinski definition) is 2. The van der Waals surface area contributed by atoms with Crippen LogP contribution >= 0.6 is 11.6 Å². The summed E-state index contributed by atoms with van der Waals surface area (Å²) < 4.78 is 5.06. The molecule has 0 aliphatic heterocycles. The molecule has 0 aromatic rings. The molecule has 1 N–H and O–H groups in total. The van der Waals surface area contributed by atoms with Crippen LogP contribution in [-0.4, -0.2) is 30.3 Å². The van der Waals surface area contributed by atoms with Crippen molar-refractivity contribution >= 4 is 11.6 Å². The van der Waals surface area contributed by atoms with Crippen molar-refractivity contribution in [3.8, 4) is 11.8 Å². The molecule has 0 aliphatic carbocycles. The Labute approximate surface area is 85.2 Å². The highest BCUT2D eigenvalue weighted by atomic mass is 35.5. The first-order chi connectivity index (χ1) is 6.31. The van der Waals surface area contributed by atoms with Gasteiger partial charge in [-0.3, -0.25) is 0 Å². The lowest BCUT2D eigenvalue weighted by Gasteiger charge is -2.04. The van der Waals surface area contributed by atoms with Crippen LogP contribution in [-0.2, 0) is 4.74 Å². The molecule has 0 aromatic heterocycles. The molecule has 0 radical (unpaired) electrons. The van der Waals surface area contributed by atoms with E-state index < -0.39 is 6.10 Å². The Morgan fingerprint density at radius 1 is 1.46 bits per heavy atom. The Hall–Kier alpha value is -0.230. The SMILES string of the molecule is CCCCC#CCOC[C@H](O)CCl. The molecule has 0 saturated carbocycles. The molecule has 1 atom stereocenters. The minimum absolute atomic E-state index is 0.212. The first-order valence-corrected chi connectivity index (χ1v) is 5.12. The van der Waals surface area contributed by atoms with Crippen molar-refractivity contribution in [2.24, 2.45) is 0 Å². The number of unbranched alkanes of at least 4 members (excludes halogenated alkanes) is 2. The summed E-state index contributed by atoms with van der Waals surface area (Å²) in [5.74, 6) is 6.07. The van der Waals surface area contributed by atoms with E-state index in [-0.39, 0.29) is 12.5 Å². The van der Waals surface area contributed by atoms with Crippen LogP contribution in [0, 0.1) is 11.8 Å². The molecular formula is C10H17ClO2. The smallest absolute Gasteiger partial charge is 0.107 e. The fraction of sp³-hybridized carbons (Fsp3) is 0.800. The van der Waals surface area contributed by atoms with E-state index in [1.54, 1.807) is 0 Å². The number of aliphatic hydroxyl groups excluding tert-OH is 1. The van der Waals surface area contributed by atoms with Crippen molar-refractivity contribution in [1.29, 1.82) is 0 Å². The Kier molecular flexibility index (Phi) is 9.68. The quantitative estimate of drug-likeness (QED) is 0.406. The summed E-state index contributed by atoms with van der Waals surface area (Å²) in [6.45, 7) is 2.79. The van der Waals surface area contributed by atoms with Crippen molar-refractivity contribution in [3.63, 3.8) is 0 Å². The van der Waals surface area contributed by atoms with Crippen LogP contribution in [0.1, 0.15) is 26.2 Å². The number of ether oxygens (including phenoxy) is 1. The number of halogens is 1. The van der Waals surface area contributed by atoms with E-state index in [0.29, 0.717) is 6.61 Å². The lowest BCUT2D eigenvalue weighted by atomic mass is 10.2. The zero-order valence-corrected chi connectivity index (χ0v) is 8.81. The average Bonchev–Trinajstić information content (AvgIpc) is 2.16. The van der Waals surface area contributed by atoms with Gasteiger partial charge in [0.15, 0.2) is 0 Å². The number of alkyl halides is 1. The normalized spacial score (nSPS) is 11.9. The second-order valence-electron chi connectivity index (χ2n) is 2.78. The van der Waals surface area contributed by atoms with E-state index in [1.807, 2.05) is 0 Å². The van der Waals surface area contributed by atoms with E-state index in [9.17, 15) is 0 Å². The predicted octanol–water partition coefficient (Wildman–Crippen LogP) is 1.80. The number of hydrogen-bond donors (Lipinski definition) is 1. The van der Waals surface area contributed by atoms with E-state index >= 15 is 0 Å². The third-order valence-electron chi connectivity index (χ3n) is 1.44. The van der Waals surface area contributed by atoms with E-state index in [0.717, 1.165) is 12.8 Å². The lowest BCUT2D eigenvalue weighted by Crippen LogP contribution is -2.16. The minimum atomic E-state index is -0.570. The van der Waals surface area contributed by atoms with Gasteiger partial charge >= 0.3 is 0 Å². The summed E-state index contributed by atoms with van der Waals surface area (Å²) in [7, 11) is 0. The monoisotopic (exact) mass is 204 g/mol. The molecule has 0 aliphatic rings. The van der Waals surface area contributed by atoms with Gasteiger partial charge in [0, 0.05) is 6.42 Å². The summed E-state index contributed by atoms with van der Waals surface area (Å²) in [4.78, 5) is 0. The van der Waals surface area contributed by atoms with Crippen LogP contribution in [0.4, 0.5) is 0 Å². The van der Waals surface area contributed by atoms with Crippen molar-refractivity contribution in [2.75, 3.05) is 19.1 Å². The molecular weight excluding hydrogens is 188 g/mol. The second-order valence-corrected chi connectivity index (χ2v) is 3.09. The van der Waals surface area contributed by atoms with Crippen molar-refractivity contribution < 1.29 is 9.84 Å². The molecule has 0 amide bonds. The van der Waals surface area contributed by atoms with E-state index in [4.69, 9.17) is 21.4 Å². The third kappa shape index (κ3) is 9.69. The molecule has 3 heteroatoms. The number of aliphatic hydroxyl groups is 1. The summed E-state index contributed by atoms with van der Waals surface area (Å²) in [5, 5.41) is 8.99. The molecule has 0 saturated heterocycles. The van der Waals surface area contributed by atoms with E-state index in [2.05, 4.69) is 18.8 Å².